The molecule has 48 heavy (non-hydrogen) atoms. The van der Waals surface area contributed by atoms with Crippen LogP contribution in [-0.4, -0.2) is 43.3 Å². The molecule has 0 fully saturated rings. The van der Waals surface area contributed by atoms with Crippen LogP contribution >= 0.6 is 7.82 Å². The first-order valence-corrected chi connectivity index (χ1v) is 20.7. The lowest BCUT2D eigenvalue weighted by molar-refractivity contribution is -0.161. The number of hydrogen-bond acceptors (Lipinski definition) is 7. The smallest absolute Gasteiger partial charge is 0.462 e. The van der Waals surface area contributed by atoms with Crippen LogP contribution in [0.2, 0.25) is 0 Å². The topological polar surface area (TPSA) is 108 Å². The zero-order valence-corrected chi connectivity index (χ0v) is 31.8. The average molecular weight is 699 g/mol. The standard InChI is InChI=1S/C39H71O8P/c1-4-6-8-10-12-14-16-18-20-22-23-25-27-29-31-33-38(40)45-35-37(36-46-48(42,43)44-3)47-39(41)34-32-30-28-26-24-21-19-17-15-13-11-9-7-5-2/h11,13,17-20,37H,4-10,12,14-16,21-36H2,1-3H3,(H,42,43)/b13-11-,19-17-,20-18-. The summed E-state index contributed by atoms with van der Waals surface area (Å²) in [5, 5.41) is 0. The Balaban J connectivity index is 4.09. The molecule has 9 heteroatoms. The second-order valence-corrected chi connectivity index (χ2v) is 14.3. The Morgan fingerprint density at radius 1 is 0.583 bits per heavy atom. The number of ether oxygens (including phenoxy) is 2. The van der Waals surface area contributed by atoms with E-state index in [1.165, 1.54) is 57.8 Å². The summed E-state index contributed by atoms with van der Waals surface area (Å²) in [6.45, 7) is 3.81. The summed E-state index contributed by atoms with van der Waals surface area (Å²) in [7, 11) is -3.21. The molecule has 0 spiro atoms. The first-order valence-electron chi connectivity index (χ1n) is 19.2. The van der Waals surface area contributed by atoms with Gasteiger partial charge in [-0.2, -0.15) is 0 Å². The molecule has 0 aromatic heterocycles. The third kappa shape index (κ3) is 34.1. The largest absolute Gasteiger partial charge is 0.472 e. The third-order valence-electron chi connectivity index (χ3n) is 8.11. The number of carbonyl (C=O) groups excluding carboxylic acids is 2. The second-order valence-electron chi connectivity index (χ2n) is 12.7. The van der Waals surface area contributed by atoms with E-state index < -0.39 is 26.5 Å². The van der Waals surface area contributed by atoms with Crippen molar-refractivity contribution in [3.05, 3.63) is 36.5 Å². The fourth-order valence-electron chi connectivity index (χ4n) is 5.08. The van der Waals surface area contributed by atoms with E-state index in [1.807, 2.05) is 0 Å². The molecule has 280 valence electrons. The highest BCUT2D eigenvalue weighted by Gasteiger charge is 2.24. The summed E-state index contributed by atoms with van der Waals surface area (Å²) in [6, 6.07) is 0. The SMILES string of the molecule is CCCC/C=C\C/C=C\CCCCCCCC(=O)OC(COC(=O)CCCCCCC/C=C\CCCCCCCC)COP(=O)(O)OC. The molecule has 0 saturated heterocycles. The minimum absolute atomic E-state index is 0.227. The molecule has 0 aliphatic heterocycles. The van der Waals surface area contributed by atoms with Crippen LogP contribution in [0.15, 0.2) is 36.5 Å². The first kappa shape index (κ1) is 46.3. The zero-order chi connectivity index (χ0) is 35.4. The van der Waals surface area contributed by atoms with Crippen molar-refractivity contribution in [2.45, 2.75) is 180 Å². The highest BCUT2D eigenvalue weighted by atomic mass is 31.2. The van der Waals surface area contributed by atoms with Crippen molar-refractivity contribution in [3.8, 4) is 0 Å². The van der Waals surface area contributed by atoms with Crippen molar-refractivity contribution in [1.29, 1.82) is 0 Å². The average Bonchev–Trinajstić information content (AvgIpc) is 3.07. The lowest BCUT2D eigenvalue weighted by Gasteiger charge is -2.19. The van der Waals surface area contributed by atoms with Gasteiger partial charge in [-0.15, -0.1) is 0 Å². The van der Waals surface area contributed by atoms with E-state index in [1.54, 1.807) is 0 Å². The Bertz CT molecular complexity index is 885. The van der Waals surface area contributed by atoms with Crippen LogP contribution in [0.5, 0.6) is 0 Å². The lowest BCUT2D eigenvalue weighted by Crippen LogP contribution is -2.29. The van der Waals surface area contributed by atoms with Gasteiger partial charge in [-0.25, -0.2) is 4.57 Å². The van der Waals surface area contributed by atoms with E-state index in [9.17, 15) is 19.0 Å². The van der Waals surface area contributed by atoms with Crippen molar-refractivity contribution >= 4 is 19.8 Å². The van der Waals surface area contributed by atoms with Gasteiger partial charge >= 0.3 is 19.8 Å². The van der Waals surface area contributed by atoms with Crippen LogP contribution in [0.4, 0.5) is 0 Å². The number of rotatable bonds is 35. The fourth-order valence-corrected chi connectivity index (χ4v) is 5.54. The van der Waals surface area contributed by atoms with Gasteiger partial charge in [0.2, 0.25) is 0 Å². The molecule has 0 heterocycles. The number of phosphoric ester groups is 1. The van der Waals surface area contributed by atoms with E-state index >= 15 is 0 Å². The van der Waals surface area contributed by atoms with Crippen LogP contribution in [0.1, 0.15) is 174 Å². The number of phosphoric acid groups is 1. The predicted molar refractivity (Wildman–Crippen MR) is 198 cm³/mol. The van der Waals surface area contributed by atoms with Gasteiger partial charge in [0, 0.05) is 20.0 Å². The van der Waals surface area contributed by atoms with E-state index in [0.717, 1.165) is 90.6 Å². The van der Waals surface area contributed by atoms with Gasteiger partial charge in [0.25, 0.3) is 0 Å². The van der Waals surface area contributed by atoms with Crippen molar-refractivity contribution in [3.63, 3.8) is 0 Å². The molecule has 0 aromatic carbocycles. The molecule has 0 rings (SSSR count). The lowest BCUT2D eigenvalue weighted by atomic mass is 10.1. The Kier molecular flexibility index (Phi) is 33.8. The molecule has 1 N–H and O–H groups in total. The highest BCUT2D eigenvalue weighted by molar-refractivity contribution is 7.47. The molecule has 0 aliphatic carbocycles. The van der Waals surface area contributed by atoms with E-state index in [0.29, 0.717) is 6.42 Å². The molecule has 0 amide bonds. The Hall–Kier alpha value is -1.73. The number of carbonyl (C=O) groups is 2. The van der Waals surface area contributed by atoms with Crippen molar-refractivity contribution < 1.29 is 37.6 Å². The molecule has 0 bridgehead atoms. The van der Waals surface area contributed by atoms with E-state index in [-0.39, 0.29) is 25.4 Å². The molecule has 2 unspecified atom stereocenters. The normalized spacial score (nSPS) is 13.8. The fraction of sp³-hybridized carbons (Fsp3) is 0.795. The molecule has 0 aromatic rings. The monoisotopic (exact) mass is 698 g/mol. The van der Waals surface area contributed by atoms with Gasteiger partial charge in [0.1, 0.15) is 6.61 Å². The van der Waals surface area contributed by atoms with Crippen LogP contribution in [0.25, 0.3) is 0 Å². The summed E-state index contributed by atoms with van der Waals surface area (Å²) in [5.74, 6) is -0.831. The molecular formula is C39H71O8P. The summed E-state index contributed by atoms with van der Waals surface area (Å²) < 4.78 is 31.9. The number of allylic oxidation sites excluding steroid dienone is 6. The Morgan fingerprint density at radius 3 is 1.54 bits per heavy atom. The van der Waals surface area contributed by atoms with Crippen LogP contribution in [0.3, 0.4) is 0 Å². The van der Waals surface area contributed by atoms with Crippen molar-refractivity contribution in [2.24, 2.45) is 0 Å². The van der Waals surface area contributed by atoms with E-state index in [4.69, 9.17) is 14.0 Å². The van der Waals surface area contributed by atoms with Crippen molar-refractivity contribution in [2.75, 3.05) is 20.3 Å². The molecular weight excluding hydrogens is 627 g/mol. The molecule has 8 nitrogen and oxygen atoms in total. The van der Waals surface area contributed by atoms with Gasteiger partial charge < -0.3 is 14.4 Å². The van der Waals surface area contributed by atoms with Gasteiger partial charge in [0.15, 0.2) is 6.10 Å². The van der Waals surface area contributed by atoms with Gasteiger partial charge in [-0.3, -0.25) is 18.6 Å². The molecule has 2 atom stereocenters. The Labute approximate surface area is 294 Å². The second kappa shape index (κ2) is 35.1. The summed E-state index contributed by atoms with van der Waals surface area (Å²) in [4.78, 5) is 34.3. The number of unbranched alkanes of at least 4 members (excludes halogenated alkanes) is 18. The minimum atomic E-state index is -4.26. The maximum atomic E-state index is 12.4. The van der Waals surface area contributed by atoms with Gasteiger partial charge in [-0.1, -0.05) is 134 Å². The summed E-state index contributed by atoms with van der Waals surface area (Å²) in [6.07, 6.45) is 39.0. The quantitative estimate of drug-likeness (QED) is 0.0301. The van der Waals surface area contributed by atoms with E-state index in [2.05, 4.69) is 54.8 Å². The summed E-state index contributed by atoms with van der Waals surface area (Å²) in [5.41, 5.74) is 0. The predicted octanol–water partition coefficient (Wildman–Crippen LogP) is 11.7. The van der Waals surface area contributed by atoms with Crippen LogP contribution < -0.4 is 0 Å². The first-order chi connectivity index (χ1) is 23.3. The van der Waals surface area contributed by atoms with Gasteiger partial charge in [-0.05, 0) is 64.2 Å². The number of hydrogen-bond donors (Lipinski definition) is 1. The molecule has 0 radical (unpaired) electrons. The van der Waals surface area contributed by atoms with Crippen molar-refractivity contribution in [1.82, 2.24) is 0 Å². The Morgan fingerprint density at radius 2 is 1.02 bits per heavy atom. The zero-order valence-electron chi connectivity index (χ0n) is 30.9. The molecule has 0 saturated carbocycles. The third-order valence-corrected chi connectivity index (χ3v) is 9.04. The van der Waals surface area contributed by atoms with Crippen LogP contribution in [-0.2, 0) is 32.7 Å². The van der Waals surface area contributed by atoms with Gasteiger partial charge in [0.05, 0.1) is 6.61 Å². The molecule has 0 aliphatic rings. The maximum absolute atomic E-state index is 12.4. The number of esters is 2. The highest BCUT2D eigenvalue weighted by Crippen LogP contribution is 2.42. The van der Waals surface area contributed by atoms with Crippen LogP contribution in [0, 0.1) is 0 Å². The summed E-state index contributed by atoms with van der Waals surface area (Å²) >= 11 is 0. The minimum Gasteiger partial charge on any atom is -0.462 e. The maximum Gasteiger partial charge on any atom is 0.472 e.